The first-order valence-electron chi connectivity index (χ1n) is 8.43. The van der Waals surface area contributed by atoms with Crippen LogP contribution in [0.15, 0.2) is 42.6 Å². The Morgan fingerprint density at radius 3 is 2.58 bits per heavy atom. The van der Waals surface area contributed by atoms with E-state index in [1.165, 1.54) is 13.8 Å². The largest absolute Gasteiger partial charge is 0.454 e. The fourth-order valence-electron chi connectivity index (χ4n) is 3.43. The van der Waals surface area contributed by atoms with Crippen molar-refractivity contribution in [3.05, 3.63) is 53.7 Å². The van der Waals surface area contributed by atoms with Crippen LogP contribution >= 0.6 is 0 Å². The Kier molecular flexibility index (Phi) is 3.55. The molecule has 0 saturated carbocycles. The maximum atomic E-state index is 13.4. The summed E-state index contributed by atoms with van der Waals surface area (Å²) in [5.41, 5.74) is 1.24. The molecule has 2 aromatic carbocycles. The molecule has 0 amide bonds. The van der Waals surface area contributed by atoms with E-state index in [4.69, 9.17) is 4.74 Å². The number of hydrogen-bond acceptors (Lipinski definition) is 2. The third-order valence-electron chi connectivity index (χ3n) is 4.94. The van der Waals surface area contributed by atoms with Crippen molar-refractivity contribution in [2.45, 2.75) is 33.4 Å². The molecule has 2 nitrogen and oxygen atoms in total. The van der Waals surface area contributed by atoms with E-state index in [-0.39, 0.29) is 6.42 Å². The van der Waals surface area contributed by atoms with Crippen molar-refractivity contribution in [3.63, 3.8) is 0 Å². The zero-order valence-electron chi connectivity index (χ0n) is 14.7. The van der Waals surface area contributed by atoms with Gasteiger partial charge in [-0.15, -0.1) is 0 Å². The predicted octanol–water partition coefficient (Wildman–Crippen LogP) is 6.45. The molecule has 1 aliphatic heterocycles. The van der Waals surface area contributed by atoms with E-state index in [0.29, 0.717) is 22.8 Å². The number of aryl methyl sites for hydroxylation is 1. The molecule has 0 unspecified atom stereocenters. The van der Waals surface area contributed by atoms with E-state index in [1.54, 1.807) is 12.3 Å². The summed E-state index contributed by atoms with van der Waals surface area (Å²) in [4.78, 5) is 4.43. The van der Waals surface area contributed by atoms with E-state index in [2.05, 4.69) is 11.1 Å². The lowest BCUT2D eigenvalue weighted by Crippen LogP contribution is -2.34. The highest BCUT2D eigenvalue weighted by molar-refractivity contribution is 6.03. The number of rotatable bonds is 2. The number of pyridine rings is 1. The van der Waals surface area contributed by atoms with Gasteiger partial charge in [0.15, 0.2) is 5.75 Å². The lowest BCUT2D eigenvalue weighted by molar-refractivity contribution is -0.211. The standard InChI is InChI=1S/C21H18F3NO/c1-12-9-13-5-4-6-16-17(13)15(10-12)18-19(26-16)14(7-8-25-18)11-20(2,3)21(22,23)24/h4-10H,11H2,1-3H3. The van der Waals surface area contributed by atoms with E-state index >= 15 is 0 Å². The number of benzene rings is 2. The van der Waals surface area contributed by atoms with Gasteiger partial charge in [0.1, 0.15) is 11.4 Å². The van der Waals surface area contributed by atoms with Gasteiger partial charge in [0.25, 0.3) is 0 Å². The van der Waals surface area contributed by atoms with E-state index < -0.39 is 11.6 Å². The highest BCUT2D eigenvalue weighted by Crippen LogP contribution is 2.49. The topological polar surface area (TPSA) is 22.1 Å². The van der Waals surface area contributed by atoms with Crippen LogP contribution in [0.3, 0.4) is 0 Å². The zero-order valence-corrected chi connectivity index (χ0v) is 14.7. The minimum absolute atomic E-state index is 0.168. The highest BCUT2D eigenvalue weighted by Gasteiger charge is 2.47. The Balaban J connectivity index is 1.92. The molecule has 134 valence electrons. The van der Waals surface area contributed by atoms with Gasteiger partial charge in [-0.2, -0.15) is 13.2 Å². The van der Waals surface area contributed by atoms with Crippen molar-refractivity contribution in [2.24, 2.45) is 5.41 Å². The number of aromatic nitrogens is 1. The Labute approximate surface area is 149 Å². The molecule has 0 saturated heterocycles. The first-order chi connectivity index (χ1) is 12.2. The summed E-state index contributed by atoms with van der Waals surface area (Å²) in [5.74, 6) is 1.08. The molecular formula is C21H18F3NO. The Morgan fingerprint density at radius 2 is 1.85 bits per heavy atom. The Bertz CT molecular complexity index is 1020. The van der Waals surface area contributed by atoms with Crippen molar-refractivity contribution < 1.29 is 17.9 Å². The Hall–Kier alpha value is -2.56. The first-order valence-corrected chi connectivity index (χ1v) is 8.43. The van der Waals surface area contributed by atoms with Gasteiger partial charge >= 0.3 is 6.18 Å². The van der Waals surface area contributed by atoms with Gasteiger partial charge in [0.2, 0.25) is 0 Å². The van der Waals surface area contributed by atoms with E-state index in [9.17, 15) is 13.2 Å². The molecule has 2 heterocycles. The molecule has 1 aliphatic rings. The van der Waals surface area contributed by atoms with Crippen LogP contribution < -0.4 is 4.74 Å². The number of ether oxygens (including phenoxy) is 1. The molecule has 0 bridgehead atoms. The summed E-state index contributed by atoms with van der Waals surface area (Å²) in [7, 11) is 0. The van der Waals surface area contributed by atoms with E-state index in [1.807, 2.05) is 31.2 Å². The van der Waals surface area contributed by atoms with Gasteiger partial charge < -0.3 is 4.74 Å². The van der Waals surface area contributed by atoms with Crippen molar-refractivity contribution >= 4 is 10.8 Å². The van der Waals surface area contributed by atoms with Crippen LogP contribution in [0.5, 0.6) is 11.5 Å². The predicted molar refractivity (Wildman–Crippen MR) is 95.5 cm³/mol. The summed E-state index contributed by atoms with van der Waals surface area (Å²) < 4.78 is 46.2. The lowest BCUT2D eigenvalue weighted by Gasteiger charge is -2.30. The fourth-order valence-corrected chi connectivity index (χ4v) is 3.43. The van der Waals surface area contributed by atoms with Crippen molar-refractivity contribution in [2.75, 3.05) is 0 Å². The number of alkyl halides is 3. The molecule has 0 radical (unpaired) electrons. The van der Waals surface area contributed by atoms with Gasteiger partial charge in [0.05, 0.1) is 5.41 Å². The molecule has 0 N–H and O–H groups in total. The third kappa shape index (κ3) is 2.54. The number of nitrogens with zero attached hydrogens (tertiary/aromatic N) is 1. The summed E-state index contributed by atoms with van der Waals surface area (Å²) in [6.07, 6.45) is -2.91. The molecule has 1 aromatic heterocycles. The average molecular weight is 357 g/mol. The molecule has 0 atom stereocenters. The molecule has 26 heavy (non-hydrogen) atoms. The fraction of sp³-hybridized carbons (Fsp3) is 0.286. The second-order valence-corrected chi connectivity index (χ2v) is 7.48. The van der Waals surface area contributed by atoms with Crippen LogP contribution in [-0.4, -0.2) is 11.2 Å². The summed E-state index contributed by atoms with van der Waals surface area (Å²) >= 11 is 0. The first kappa shape index (κ1) is 16.9. The monoisotopic (exact) mass is 357 g/mol. The van der Waals surface area contributed by atoms with Crippen LogP contribution in [0.4, 0.5) is 13.2 Å². The minimum atomic E-state index is -4.30. The highest BCUT2D eigenvalue weighted by atomic mass is 19.4. The lowest BCUT2D eigenvalue weighted by atomic mass is 9.84. The summed E-state index contributed by atoms with van der Waals surface area (Å²) in [6, 6.07) is 11.4. The van der Waals surface area contributed by atoms with Crippen LogP contribution in [0.2, 0.25) is 0 Å². The normalized spacial score (nSPS) is 13.5. The average Bonchev–Trinajstić information content (AvgIpc) is 2.54. The number of halogens is 3. The third-order valence-corrected chi connectivity index (χ3v) is 4.94. The van der Waals surface area contributed by atoms with Crippen molar-refractivity contribution in [1.29, 1.82) is 0 Å². The van der Waals surface area contributed by atoms with Gasteiger partial charge in [-0.05, 0) is 48.1 Å². The van der Waals surface area contributed by atoms with Gasteiger partial charge in [-0.3, -0.25) is 4.98 Å². The second kappa shape index (κ2) is 5.47. The quantitative estimate of drug-likeness (QED) is 0.411. The molecule has 0 fully saturated rings. The molecule has 0 spiro atoms. The molecule has 3 aromatic rings. The molecule has 4 rings (SSSR count). The van der Waals surface area contributed by atoms with E-state index in [0.717, 1.165) is 21.9 Å². The van der Waals surface area contributed by atoms with Crippen LogP contribution in [0.25, 0.3) is 22.0 Å². The zero-order chi connectivity index (χ0) is 18.7. The van der Waals surface area contributed by atoms with Crippen LogP contribution in [0.1, 0.15) is 25.0 Å². The van der Waals surface area contributed by atoms with Crippen LogP contribution in [-0.2, 0) is 6.42 Å². The summed E-state index contributed by atoms with van der Waals surface area (Å²) in [5, 5.41) is 1.98. The van der Waals surface area contributed by atoms with Crippen molar-refractivity contribution in [1.82, 2.24) is 4.98 Å². The van der Waals surface area contributed by atoms with Crippen molar-refractivity contribution in [3.8, 4) is 22.8 Å². The SMILES string of the molecule is Cc1cc2c3c(cccc3c1)Oc1c(CC(C)(C)C(F)(F)F)ccnc1-2. The van der Waals surface area contributed by atoms with Gasteiger partial charge in [-0.1, -0.05) is 32.0 Å². The smallest absolute Gasteiger partial charge is 0.394 e. The minimum Gasteiger partial charge on any atom is -0.454 e. The Morgan fingerprint density at radius 1 is 1.08 bits per heavy atom. The van der Waals surface area contributed by atoms with Gasteiger partial charge in [-0.25, -0.2) is 0 Å². The molecular weight excluding hydrogens is 339 g/mol. The molecule has 0 aliphatic carbocycles. The maximum Gasteiger partial charge on any atom is 0.394 e. The number of fused-ring (bicyclic) bond motifs is 2. The molecule has 5 heteroatoms. The summed E-state index contributed by atoms with van der Waals surface area (Å²) in [6.45, 7) is 4.41. The van der Waals surface area contributed by atoms with Crippen LogP contribution in [0, 0.1) is 12.3 Å². The number of hydrogen-bond donors (Lipinski definition) is 0. The second-order valence-electron chi connectivity index (χ2n) is 7.48. The van der Waals surface area contributed by atoms with Gasteiger partial charge in [0, 0.05) is 17.1 Å². The maximum absolute atomic E-state index is 13.4.